The molecule has 1 aliphatic rings. The van der Waals surface area contributed by atoms with Crippen LogP contribution in [0.4, 0.5) is 0 Å². The van der Waals surface area contributed by atoms with Gasteiger partial charge in [-0.1, -0.05) is 0 Å². The molecule has 1 rings (SSSR count). The third kappa shape index (κ3) is 2.41. The molecule has 1 atom stereocenters. The summed E-state index contributed by atoms with van der Waals surface area (Å²) in [7, 11) is 1.30. The van der Waals surface area contributed by atoms with E-state index in [1.807, 2.05) is 11.0 Å². The molecule has 0 aliphatic carbocycles. The number of nitrogens with one attached hydrogen (secondary N) is 1. The normalized spacial score (nSPS) is 20.3. The van der Waals surface area contributed by atoms with E-state index in [1.54, 1.807) is 0 Å². The molecule has 0 saturated carbocycles. The first-order valence-corrected chi connectivity index (χ1v) is 4.22. The number of ether oxygens (including phenoxy) is 1. The molecule has 5 heteroatoms. The van der Waals surface area contributed by atoms with Crippen LogP contribution in [0.1, 0.15) is 0 Å². The third-order valence-corrected chi connectivity index (χ3v) is 2.06. The van der Waals surface area contributed by atoms with Crippen LogP contribution in [0, 0.1) is 11.3 Å². The van der Waals surface area contributed by atoms with Gasteiger partial charge in [0.2, 0.25) is 0 Å². The largest absolute Gasteiger partial charge is 0.467 e. The van der Waals surface area contributed by atoms with Crippen molar-refractivity contribution in [3.05, 3.63) is 0 Å². The standard InChI is InChI=1S/C8H13N3O2/c1-13-8(12)7(6-9)11-4-2-10-3-5-11/h7,10H,2-5H2,1H3. The summed E-state index contributed by atoms with van der Waals surface area (Å²) in [6.07, 6.45) is 0. The number of rotatable bonds is 2. The Morgan fingerprint density at radius 1 is 1.62 bits per heavy atom. The van der Waals surface area contributed by atoms with Gasteiger partial charge in [0.15, 0.2) is 6.04 Å². The molecule has 1 unspecified atom stereocenters. The first-order chi connectivity index (χ1) is 6.29. The zero-order chi connectivity index (χ0) is 9.68. The second kappa shape index (κ2) is 4.80. The second-order valence-electron chi connectivity index (χ2n) is 2.84. The van der Waals surface area contributed by atoms with Crippen LogP contribution in [0.25, 0.3) is 0 Å². The molecule has 1 fully saturated rings. The summed E-state index contributed by atoms with van der Waals surface area (Å²) in [4.78, 5) is 13.0. The average Bonchev–Trinajstić information content (AvgIpc) is 2.20. The second-order valence-corrected chi connectivity index (χ2v) is 2.84. The van der Waals surface area contributed by atoms with Gasteiger partial charge in [-0.3, -0.25) is 4.90 Å². The number of hydrogen-bond acceptors (Lipinski definition) is 5. The quantitative estimate of drug-likeness (QED) is 0.554. The van der Waals surface area contributed by atoms with Gasteiger partial charge in [0.1, 0.15) is 0 Å². The van der Waals surface area contributed by atoms with Crippen molar-refractivity contribution in [2.24, 2.45) is 0 Å². The van der Waals surface area contributed by atoms with Crippen molar-refractivity contribution in [1.29, 1.82) is 5.26 Å². The molecule has 1 saturated heterocycles. The Morgan fingerprint density at radius 3 is 2.69 bits per heavy atom. The molecule has 0 aromatic carbocycles. The summed E-state index contributed by atoms with van der Waals surface area (Å²) in [6.45, 7) is 3.06. The Kier molecular flexibility index (Phi) is 3.68. The van der Waals surface area contributed by atoms with Crippen LogP contribution >= 0.6 is 0 Å². The lowest BCUT2D eigenvalue weighted by atomic mass is 10.2. The van der Waals surface area contributed by atoms with E-state index in [2.05, 4.69) is 10.1 Å². The fourth-order valence-electron chi connectivity index (χ4n) is 1.34. The smallest absolute Gasteiger partial charge is 0.337 e. The third-order valence-electron chi connectivity index (χ3n) is 2.06. The van der Waals surface area contributed by atoms with Crippen LogP contribution in [-0.2, 0) is 9.53 Å². The Morgan fingerprint density at radius 2 is 2.23 bits per heavy atom. The zero-order valence-corrected chi connectivity index (χ0v) is 7.62. The number of esters is 1. The van der Waals surface area contributed by atoms with Gasteiger partial charge < -0.3 is 10.1 Å². The molecule has 72 valence electrons. The van der Waals surface area contributed by atoms with E-state index in [4.69, 9.17) is 5.26 Å². The highest BCUT2D eigenvalue weighted by molar-refractivity contribution is 5.78. The molecule has 5 nitrogen and oxygen atoms in total. The summed E-state index contributed by atoms with van der Waals surface area (Å²) in [6, 6.07) is 1.20. The highest BCUT2D eigenvalue weighted by Gasteiger charge is 2.27. The maximum atomic E-state index is 11.1. The lowest BCUT2D eigenvalue weighted by molar-refractivity contribution is -0.144. The van der Waals surface area contributed by atoms with Crippen LogP contribution < -0.4 is 5.32 Å². The van der Waals surface area contributed by atoms with Crippen molar-refractivity contribution in [2.45, 2.75) is 6.04 Å². The van der Waals surface area contributed by atoms with Gasteiger partial charge >= 0.3 is 5.97 Å². The van der Waals surface area contributed by atoms with Gasteiger partial charge in [-0.2, -0.15) is 5.26 Å². The van der Waals surface area contributed by atoms with Gasteiger partial charge in [0.25, 0.3) is 0 Å². The minimum atomic E-state index is -0.743. The van der Waals surface area contributed by atoms with Crippen LogP contribution in [-0.4, -0.2) is 50.2 Å². The van der Waals surface area contributed by atoms with Gasteiger partial charge in [-0.05, 0) is 0 Å². The predicted molar refractivity (Wildman–Crippen MR) is 45.9 cm³/mol. The predicted octanol–water partition coefficient (Wildman–Crippen LogP) is -1.04. The molecule has 0 radical (unpaired) electrons. The van der Waals surface area contributed by atoms with Crippen molar-refractivity contribution >= 4 is 5.97 Å². The number of methoxy groups -OCH3 is 1. The SMILES string of the molecule is COC(=O)C(C#N)N1CCNCC1. The van der Waals surface area contributed by atoms with Gasteiger partial charge in [0, 0.05) is 26.2 Å². The molecular weight excluding hydrogens is 170 g/mol. The van der Waals surface area contributed by atoms with Gasteiger partial charge in [-0.15, -0.1) is 0 Å². The minimum absolute atomic E-state index is 0.468. The van der Waals surface area contributed by atoms with E-state index in [-0.39, 0.29) is 0 Å². The topological polar surface area (TPSA) is 65.4 Å². The fourth-order valence-corrected chi connectivity index (χ4v) is 1.34. The monoisotopic (exact) mass is 183 g/mol. The van der Waals surface area contributed by atoms with Crippen molar-refractivity contribution in [1.82, 2.24) is 10.2 Å². The van der Waals surface area contributed by atoms with Gasteiger partial charge in [0.05, 0.1) is 13.2 Å². The molecule has 1 aliphatic heterocycles. The molecule has 1 heterocycles. The maximum absolute atomic E-state index is 11.1. The zero-order valence-electron chi connectivity index (χ0n) is 7.62. The number of carbonyl (C=O) groups excluding carboxylic acids is 1. The first kappa shape index (κ1) is 9.96. The molecule has 0 spiro atoms. The van der Waals surface area contributed by atoms with Crippen LogP contribution in [0.5, 0.6) is 0 Å². The van der Waals surface area contributed by atoms with E-state index in [1.165, 1.54) is 7.11 Å². The van der Waals surface area contributed by atoms with E-state index in [0.717, 1.165) is 13.1 Å². The molecule has 0 aromatic rings. The summed E-state index contributed by atoms with van der Waals surface area (Å²) < 4.78 is 4.53. The number of hydrogen-bond donors (Lipinski definition) is 1. The summed E-state index contributed by atoms with van der Waals surface area (Å²) in [5.41, 5.74) is 0. The highest BCUT2D eigenvalue weighted by Crippen LogP contribution is 2.02. The highest BCUT2D eigenvalue weighted by atomic mass is 16.5. The van der Waals surface area contributed by atoms with Crippen LogP contribution in [0.2, 0.25) is 0 Å². The Bertz CT molecular complexity index is 218. The molecule has 0 amide bonds. The van der Waals surface area contributed by atoms with Crippen molar-refractivity contribution in [3.8, 4) is 6.07 Å². The van der Waals surface area contributed by atoms with Crippen molar-refractivity contribution in [3.63, 3.8) is 0 Å². The summed E-state index contributed by atoms with van der Waals surface area (Å²) in [5, 5.41) is 11.9. The number of piperazine rings is 1. The lowest BCUT2D eigenvalue weighted by Crippen LogP contribution is -2.50. The van der Waals surface area contributed by atoms with E-state index in [9.17, 15) is 4.79 Å². The molecule has 13 heavy (non-hydrogen) atoms. The molecule has 0 aromatic heterocycles. The van der Waals surface area contributed by atoms with Crippen molar-refractivity contribution in [2.75, 3.05) is 33.3 Å². The lowest BCUT2D eigenvalue weighted by Gasteiger charge is -2.29. The molecular formula is C8H13N3O2. The van der Waals surface area contributed by atoms with E-state index in [0.29, 0.717) is 13.1 Å². The van der Waals surface area contributed by atoms with Crippen LogP contribution in [0.15, 0.2) is 0 Å². The summed E-state index contributed by atoms with van der Waals surface area (Å²) in [5.74, 6) is -0.468. The van der Waals surface area contributed by atoms with Crippen molar-refractivity contribution < 1.29 is 9.53 Å². The molecule has 1 N–H and O–H groups in total. The average molecular weight is 183 g/mol. The van der Waals surface area contributed by atoms with E-state index >= 15 is 0 Å². The van der Waals surface area contributed by atoms with E-state index < -0.39 is 12.0 Å². The Balaban J connectivity index is 2.55. The first-order valence-electron chi connectivity index (χ1n) is 4.22. The Labute approximate surface area is 77.3 Å². The number of nitrogens with zero attached hydrogens (tertiary/aromatic N) is 2. The minimum Gasteiger partial charge on any atom is -0.467 e. The number of carbonyl (C=O) groups is 1. The maximum Gasteiger partial charge on any atom is 0.337 e. The Hall–Kier alpha value is -1.12. The fraction of sp³-hybridized carbons (Fsp3) is 0.750. The number of nitriles is 1. The van der Waals surface area contributed by atoms with Crippen LogP contribution in [0.3, 0.4) is 0 Å². The molecule has 0 bridgehead atoms. The summed E-state index contributed by atoms with van der Waals surface area (Å²) >= 11 is 0. The van der Waals surface area contributed by atoms with Gasteiger partial charge in [-0.25, -0.2) is 4.79 Å².